The van der Waals surface area contributed by atoms with Crippen LogP contribution in [0.3, 0.4) is 0 Å². The minimum Gasteiger partial charge on any atom is -0.507 e. The van der Waals surface area contributed by atoms with Crippen molar-refractivity contribution in [2.75, 3.05) is 0 Å². The third kappa shape index (κ3) is 2.53. The van der Waals surface area contributed by atoms with Gasteiger partial charge in [-0.2, -0.15) is 0 Å². The average Bonchev–Trinajstić information content (AvgIpc) is 2.97. The highest BCUT2D eigenvalue weighted by atomic mass is 16.3. The molecule has 5 nitrogen and oxygen atoms in total. The first-order valence-electron chi connectivity index (χ1n) is 7.78. The first-order valence-corrected chi connectivity index (χ1v) is 7.78. The highest BCUT2D eigenvalue weighted by Crippen LogP contribution is 2.31. The second kappa shape index (κ2) is 5.93. The highest BCUT2D eigenvalue weighted by molar-refractivity contribution is 5.86. The fraction of sp³-hybridized carbons (Fsp3) is 0.278. The van der Waals surface area contributed by atoms with Crippen LogP contribution in [-0.2, 0) is 19.4 Å². The van der Waals surface area contributed by atoms with Crippen molar-refractivity contribution >= 4 is 10.9 Å². The van der Waals surface area contributed by atoms with E-state index in [1.807, 2.05) is 19.1 Å². The Labute approximate surface area is 133 Å². The molecule has 1 aromatic carbocycles. The number of rotatable bonds is 4. The van der Waals surface area contributed by atoms with Crippen LogP contribution in [0.15, 0.2) is 29.1 Å². The largest absolute Gasteiger partial charge is 0.507 e. The Balaban J connectivity index is 2.24. The van der Waals surface area contributed by atoms with Crippen LogP contribution < -0.4 is 5.56 Å². The van der Waals surface area contributed by atoms with Crippen LogP contribution in [0.1, 0.15) is 30.5 Å². The topological polar surface area (TPSA) is 89.1 Å². The molecule has 0 spiro atoms. The third-order valence-electron chi connectivity index (χ3n) is 4.26. The number of aromatic amines is 2. The number of aromatic nitrogens is 2. The Morgan fingerprint density at radius 2 is 1.83 bits per heavy atom. The molecule has 0 fully saturated rings. The standard InChI is InChI=1S/C18H20N2O3/c1-3-10-5-6-11-8-15(19-14(11)7-10)16-12(4-2)17(22)13(9-21)18(23)20-16/h5-8,19,21H,3-4,9H2,1-2H3,(H2,20,22,23). The van der Waals surface area contributed by atoms with E-state index in [4.69, 9.17) is 0 Å². The van der Waals surface area contributed by atoms with E-state index in [1.165, 1.54) is 5.56 Å². The molecule has 0 aliphatic rings. The maximum atomic E-state index is 12.1. The van der Waals surface area contributed by atoms with Gasteiger partial charge in [-0.15, -0.1) is 0 Å². The molecule has 0 saturated carbocycles. The number of aliphatic hydroxyl groups excluding tert-OH is 1. The molecule has 0 bridgehead atoms. The van der Waals surface area contributed by atoms with E-state index in [0.29, 0.717) is 17.7 Å². The summed E-state index contributed by atoms with van der Waals surface area (Å²) in [5.74, 6) is -0.123. The van der Waals surface area contributed by atoms with Crippen LogP contribution in [0.25, 0.3) is 22.3 Å². The van der Waals surface area contributed by atoms with Crippen molar-refractivity contribution in [3.63, 3.8) is 0 Å². The van der Waals surface area contributed by atoms with Crippen molar-refractivity contribution in [3.8, 4) is 17.1 Å². The van der Waals surface area contributed by atoms with Gasteiger partial charge in [0.1, 0.15) is 5.75 Å². The maximum absolute atomic E-state index is 12.1. The first-order chi connectivity index (χ1) is 11.1. The van der Waals surface area contributed by atoms with Crippen molar-refractivity contribution < 1.29 is 10.2 Å². The summed E-state index contributed by atoms with van der Waals surface area (Å²) in [7, 11) is 0. The summed E-state index contributed by atoms with van der Waals surface area (Å²) in [6.07, 6.45) is 1.49. The second-order valence-electron chi connectivity index (χ2n) is 5.60. The van der Waals surface area contributed by atoms with Crippen molar-refractivity contribution in [1.82, 2.24) is 9.97 Å². The molecule has 120 valence electrons. The highest BCUT2D eigenvalue weighted by Gasteiger charge is 2.17. The lowest BCUT2D eigenvalue weighted by molar-refractivity contribution is 0.273. The quantitative estimate of drug-likeness (QED) is 0.597. The first kappa shape index (κ1) is 15.4. The van der Waals surface area contributed by atoms with E-state index < -0.39 is 12.2 Å². The summed E-state index contributed by atoms with van der Waals surface area (Å²) in [4.78, 5) is 18.2. The number of aliphatic hydroxyl groups is 1. The van der Waals surface area contributed by atoms with Crippen LogP contribution in [0, 0.1) is 0 Å². The molecule has 3 rings (SSSR count). The van der Waals surface area contributed by atoms with E-state index in [1.54, 1.807) is 0 Å². The van der Waals surface area contributed by atoms with E-state index >= 15 is 0 Å². The number of benzene rings is 1. The van der Waals surface area contributed by atoms with E-state index in [0.717, 1.165) is 23.0 Å². The minimum atomic E-state index is -0.485. The van der Waals surface area contributed by atoms with Crippen molar-refractivity contribution in [2.45, 2.75) is 33.3 Å². The van der Waals surface area contributed by atoms with Gasteiger partial charge in [0.25, 0.3) is 5.56 Å². The lowest BCUT2D eigenvalue weighted by atomic mass is 10.0. The number of hydrogen-bond acceptors (Lipinski definition) is 3. The number of aryl methyl sites for hydroxylation is 1. The predicted octanol–water partition coefficient (Wildman–Crippen LogP) is 2.85. The van der Waals surface area contributed by atoms with Gasteiger partial charge in [-0.05, 0) is 30.5 Å². The summed E-state index contributed by atoms with van der Waals surface area (Å²) in [6, 6.07) is 8.16. The molecule has 2 aromatic heterocycles. The van der Waals surface area contributed by atoms with Crippen LogP contribution in [0.4, 0.5) is 0 Å². The van der Waals surface area contributed by atoms with Crippen LogP contribution in [-0.4, -0.2) is 20.2 Å². The predicted molar refractivity (Wildman–Crippen MR) is 90.7 cm³/mol. The molecule has 0 aliphatic heterocycles. The fourth-order valence-electron chi connectivity index (χ4n) is 2.92. The van der Waals surface area contributed by atoms with Gasteiger partial charge in [0.15, 0.2) is 0 Å². The Hall–Kier alpha value is -2.53. The molecule has 2 heterocycles. The number of fused-ring (bicyclic) bond motifs is 1. The fourth-order valence-corrected chi connectivity index (χ4v) is 2.92. The van der Waals surface area contributed by atoms with Gasteiger partial charge in [-0.1, -0.05) is 26.0 Å². The third-order valence-corrected chi connectivity index (χ3v) is 4.26. The summed E-state index contributed by atoms with van der Waals surface area (Å²) >= 11 is 0. The zero-order valence-electron chi connectivity index (χ0n) is 13.2. The van der Waals surface area contributed by atoms with Crippen molar-refractivity contribution in [1.29, 1.82) is 0 Å². The van der Waals surface area contributed by atoms with Crippen LogP contribution >= 0.6 is 0 Å². The molecule has 0 radical (unpaired) electrons. The van der Waals surface area contributed by atoms with Gasteiger partial charge < -0.3 is 20.2 Å². The molecule has 0 unspecified atom stereocenters. The van der Waals surface area contributed by atoms with Gasteiger partial charge in [0.2, 0.25) is 0 Å². The maximum Gasteiger partial charge on any atom is 0.257 e. The zero-order chi connectivity index (χ0) is 16.6. The van der Waals surface area contributed by atoms with E-state index in [9.17, 15) is 15.0 Å². The number of pyridine rings is 1. The molecular formula is C18H20N2O3. The van der Waals surface area contributed by atoms with Crippen molar-refractivity contribution in [3.05, 3.63) is 51.3 Å². The van der Waals surface area contributed by atoms with Gasteiger partial charge in [-0.3, -0.25) is 4.79 Å². The van der Waals surface area contributed by atoms with Gasteiger partial charge >= 0.3 is 0 Å². The molecule has 0 atom stereocenters. The van der Waals surface area contributed by atoms with Crippen LogP contribution in [0.5, 0.6) is 5.75 Å². The van der Waals surface area contributed by atoms with Gasteiger partial charge in [-0.25, -0.2) is 0 Å². The minimum absolute atomic E-state index is 0.00924. The molecule has 0 amide bonds. The number of aromatic hydroxyl groups is 1. The van der Waals surface area contributed by atoms with Crippen LogP contribution in [0.2, 0.25) is 0 Å². The lowest BCUT2D eigenvalue weighted by Crippen LogP contribution is -2.16. The molecule has 0 saturated heterocycles. The molecule has 3 aromatic rings. The zero-order valence-corrected chi connectivity index (χ0v) is 13.2. The molecular weight excluding hydrogens is 292 g/mol. The Bertz CT molecular complexity index is 922. The SMILES string of the molecule is CCc1ccc2cc(-c3[nH]c(=O)c(CO)c(O)c3CC)[nH]c2c1. The van der Waals surface area contributed by atoms with Gasteiger partial charge in [0, 0.05) is 16.5 Å². The molecule has 4 N–H and O–H groups in total. The molecule has 5 heteroatoms. The summed E-state index contributed by atoms with van der Waals surface area (Å²) in [5.41, 5.74) is 3.71. The number of H-pyrrole nitrogens is 2. The second-order valence-corrected chi connectivity index (χ2v) is 5.60. The van der Waals surface area contributed by atoms with Crippen molar-refractivity contribution in [2.24, 2.45) is 0 Å². The lowest BCUT2D eigenvalue weighted by Gasteiger charge is -2.11. The molecule has 23 heavy (non-hydrogen) atoms. The summed E-state index contributed by atoms with van der Waals surface area (Å²) in [5, 5.41) is 20.6. The average molecular weight is 312 g/mol. The number of hydrogen-bond donors (Lipinski definition) is 4. The monoisotopic (exact) mass is 312 g/mol. The summed E-state index contributed by atoms with van der Waals surface area (Å²) in [6.45, 7) is 3.51. The Kier molecular flexibility index (Phi) is 3.96. The normalized spacial score (nSPS) is 11.3. The van der Waals surface area contributed by atoms with E-state index in [-0.39, 0.29) is 11.3 Å². The summed E-state index contributed by atoms with van der Waals surface area (Å²) < 4.78 is 0. The molecule has 0 aliphatic carbocycles. The van der Waals surface area contributed by atoms with Gasteiger partial charge in [0.05, 0.1) is 23.6 Å². The Morgan fingerprint density at radius 1 is 1.04 bits per heavy atom. The smallest absolute Gasteiger partial charge is 0.257 e. The van der Waals surface area contributed by atoms with E-state index in [2.05, 4.69) is 29.0 Å². The number of nitrogens with one attached hydrogen (secondary N) is 2. The Morgan fingerprint density at radius 3 is 2.48 bits per heavy atom.